The van der Waals surface area contributed by atoms with Gasteiger partial charge in [-0.3, -0.25) is 9.36 Å². The average Bonchev–Trinajstić information content (AvgIpc) is 3.41. The average molecular weight is 417 g/mol. The monoisotopic (exact) mass is 416 g/mol. The minimum absolute atomic E-state index is 0.229. The number of fused-ring (bicyclic) bond motifs is 1. The van der Waals surface area contributed by atoms with Crippen LogP contribution in [0.5, 0.6) is 0 Å². The molecule has 0 aliphatic carbocycles. The van der Waals surface area contributed by atoms with Crippen molar-refractivity contribution in [1.29, 1.82) is 0 Å². The minimum atomic E-state index is -0.229. The molecular formula is C23H17ClN4O2. The van der Waals surface area contributed by atoms with Crippen LogP contribution in [0.4, 0.5) is 0 Å². The smallest absolute Gasteiger partial charge is 0.269 e. The number of furan rings is 1. The van der Waals surface area contributed by atoms with E-state index < -0.39 is 0 Å². The summed E-state index contributed by atoms with van der Waals surface area (Å²) in [4.78, 5) is 18.4. The highest BCUT2D eigenvalue weighted by Gasteiger charge is 2.20. The Bertz CT molecular complexity index is 1450. The van der Waals surface area contributed by atoms with E-state index in [1.807, 2.05) is 50.2 Å². The number of para-hydroxylation sites is 1. The fraction of sp³-hybridized carbons (Fsp3) is 0.0870. The van der Waals surface area contributed by atoms with Crippen molar-refractivity contribution >= 4 is 22.6 Å². The molecular weight excluding hydrogens is 400 g/mol. The third-order valence-electron chi connectivity index (χ3n) is 5.17. The maximum Gasteiger partial charge on any atom is 0.269 e. The highest BCUT2D eigenvalue weighted by molar-refractivity contribution is 6.32. The van der Waals surface area contributed by atoms with E-state index in [0.717, 1.165) is 16.8 Å². The molecule has 5 rings (SSSR count). The Balaban J connectivity index is 1.86. The lowest BCUT2D eigenvalue weighted by atomic mass is 10.1. The summed E-state index contributed by atoms with van der Waals surface area (Å²) in [5, 5.41) is 5.31. The molecule has 2 aromatic carbocycles. The second-order valence-electron chi connectivity index (χ2n) is 7.07. The molecule has 3 aromatic heterocycles. The van der Waals surface area contributed by atoms with Crippen molar-refractivity contribution in [3.05, 3.63) is 93.6 Å². The van der Waals surface area contributed by atoms with Crippen molar-refractivity contribution < 1.29 is 4.42 Å². The fourth-order valence-electron chi connectivity index (χ4n) is 3.44. The van der Waals surface area contributed by atoms with Crippen LogP contribution in [0.15, 0.2) is 76.3 Å². The standard InChI is InChI=1S/C23H17ClN4O2/c1-14-9-10-16(12-15(14)2)27-22(20-8-5-11-30-20)26-21-17(23(27)29)13-25-28(21)19-7-4-3-6-18(19)24/h3-13H,1-2H3. The van der Waals surface area contributed by atoms with Crippen LogP contribution in [-0.4, -0.2) is 19.3 Å². The number of rotatable bonds is 3. The van der Waals surface area contributed by atoms with E-state index in [1.54, 1.807) is 33.7 Å². The Morgan fingerprint density at radius 2 is 1.83 bits per heavy atom. The van der Waals surface area contributed by atoms with Crippen LogP contribution in [0.3, 0.4) is 0 Å². The maximum atomic E-state index is 13.6. The highest BCUT2D eigenvalue weighted by Crippen LogP contribution is 2.26. The summed E-state index contributed by atoms with van der Waals surface area (Å²) in [7, 11) is 0. The van der Waals surface area contributed by atoms with Gasteiger partial charge in [0.25, 0.3) is 5.56 Å². The van der Waals surface area contributed by atoms with E-state index in [4.69, 9.17) is 21.0 Å². The summed E-state index contributed by atoms with van der Waals surface area (Å²) >= 11 is 6.36. The number of aryl methyl sites for hydroxylation is 2. The van der Waals surface area contributed by atoms with Gasteiger partial charge in [-0.25, -0.2) is 9.67 Å². The number of hydrogen-bond acceptors (Lipinski definition) is 4. The molecule has 0 atom stereocenters. The Morgan fingerprint density at radius 3 is 2.57 bits per heavy atom. The quantitative estimate of drug-likeness (QED) is 0.410. The summed E-state index contributed by atoms with van der Waals surface area (Å²) < 4.78 is 8.75. The van der Waals surface area contributed by atoms with Gasteiger partial charge in [0.05, 0.1) is 28.9 Å². The van der Waals surface area contributed by atoms with Crippen molar-refractivity contribution in [2.75, 3.05) is 0 Å². The zero-order chi connectivity index (χ0) is 20.8. The first-order valence-corrected chi connectivity index (χ1v) is 9.79. The lowest BCUT2D eigenvalue weighted by molar-refractivity contribution is 0.574. The summed E-state index contributed by atoms with van der Waals surface area (Å²) in [6, 6.07) is 16.7. The highest BCUT2D eigenvalue weighted by atomic mass is 35.5. The van der Waals surface area contributed by atoms with E-state index in [0.29, 0.717) is 33.3 Å². The number of aromatic nitrogens is 4. The minimum Gasteiger partial charge on any atom is -0.461 e. The van der Waals surface area contributed by atoms with Crippen LogP contribution in [0.1, 0.15) is 11.1 Å². The molecule has 3 heterocycles. The molecule has 148 valence electrons. The Hall–Kier alpha value is -3.64. The van der Waals surface area contributed by atoms with Gasteiger partial charge in [-0.1, -0.05) is 29.8 Å². The van der Waals surface area contributed by atoms with Gasteiger partial charge in [-0.2, -0.15) is 5.10 Å². The van der Waals surface area contributed by atoms with Crippen LogP contribution in [0, 0.1) is 13.8 Å². The molecule has 0 radical (unpaired) electrons. The first kappa shape index (κ1) is 18.4. The summed E-state index contributed by atoms with van der Waals surface area (Å²) in [5.41, 5.74) is 3.78. The second-order valence-corrected chi connectivity index (χ2v) is 7.47. The lowest BCUT2D eigenvalue weighted by Crippen LogP contribution is -2.22. The third kappa shape index (κ3) is 2.84. The zero-order valence-electron chi connectivity index (χ0n) is 16.3. The number of hydrogen-bond donors (Lipinski definition) is 0. The third-order valence-corrected chi connectivity index (χ3v) is 5.49. The molecule has 0 spiro atoms. The Kier molecular flexibility index (Phi) is 4.29. The topological polar surface area (TPSA) is 65.8 Å². The van der Waals surface area contributed by atoms with E-state index in [9.17, 15) is 4.79 Å². The maximum absolute atomic E-state index is 13.6. The largest absolute Gasteiger partial charge is 0.461 e. The van der Waals surface area contributed by atoms with Crippen LogP contribution >= 0.6 is 11.6 Å². The summed E-state index contributed by atoms with van der Waals surface area (Å²) in [5.74, 6) is 0.883. The molecule has 0 saturated heterocycles. The van der Waals surface area contributed by atoms with Crippen molar-refractivity contribution in [3.63, 3.8) is 0 Å². The molecule has 5 aromatic rings. The van der Waals surface area contributed by atoms with Crippen LogP contribution < -0.4 is 5.56 Å². The molecule has 0 aliphatic rings. The fourth-order valence-corrected chi connectivity index (χ4v) is 3.66. The predicted molar refractivity (Wildman–Crippen MR) is 117 cm³/mol. The van der Waals surface area contributed by atoms with Crippen molar-refractivity contribution in [3.8, 4) is 23.0 Å². The van der Waals surface area contributed by atoms with Crippen LogP contribution in [0.2, 0.25) is 5.02 Å². The van der Waals surface area contributed by atoms with E-state index in [2.05, 4.69) is 5.10 Å². The lowest BCUT2D eigenvalue weighted by Gasteiger charge is -2.13. The Labute approximate surface area is 177 Å². The predicted octanol–water partition coefficient (Wildman–Crippen LogP) is 5.10. The molecule has 30 heavy (non-hydrogen) atoms. The van der Waals surface area contributed by atoms with E-state index in [1.165, 1.54) is 6.20 Å². The number of nitrogens with zero attached hydrogens (tertiary/aromatic N) is 4. The van der Waals surface area contributed by atoms with Gasteiger partial charge in [0, 0.05) is 0 Å². The van der Waals surface area contributed by atoms with E-state index in [-0.39, 0.29) is 5.56 Å². The molecule has 0 unspecified atom stereocenters. The number of benzene rings is 2. The molecule has 6 nitrogen and oxygen atoms in total. The second kappa shape index (κ2) is 7.00. The van der Waals surface area contributed by atoms with Crippen LogP contribution in [0.25, 0.3) is 34.0 Å². The molecule has 7 heteroatoms. The Morgan fingerprint density at radius 1 is 1.00 bits per heavy atom. The summed E-state index contributed by atoms with van der Waals surface area (Å²) in [6.45, 7) is 4.04. The first-order valence-electron chi connectivity index (χ1n) is 9.42. The SMILES string of the molecule is Cc1ccc(-n2c(-c3ccco3)nc3c(cnn3-c3ccccc3Cl)c2=O)cc1C. The molecule has 0 bridgehead atoms. The normalized spacial score (nSPS) is 11.3. The van der Waals surface area contributed by atoms with Gasteiger partial charge in [-0.05, 0) is 61.4 Å². The molecule has 0 aliphatic heterocycles. The zero-order valence-corrected chi connectivity index (χ0v) is 17.1. The van der Waals surface area contributed by atoms with Gasteiger partial charge in [0.2, 0.25) is 0 Å². The van der Waals surface area contributed by atoms with Crippen LogP contribution in [-0.2, 0) is 0 Å². The van der Waals surface area contributed by atoms with Gasteiger partial charge in [0.1, 0.15) is 5.39 Å². The molecule has 0 fully saturated rings. The molecule has 0 saturated carbocycles. The van der Waals surface area contributed by atoms with Gasteiger partial charge in [-0.15, -0.1) is 0 Å². The van der Waals surface area contributed by atoms with E-state index >= 15 is 0 Å². The first-order chi connectivity index (χ1) is 14.5. The van der Waals surface area contributed by atoms with Gasteiger partial charge in [0.15, 0.2) is 17.2 Å². The molecule has 0 amide bonds. The number of halogens is 1. The van der Waals surface area contributed by atoms with Crippen molar-refractivity contribution in [2.45, 2.75) is 13.8 Å². The van der Waals surface area contributed by atoms with Gasteiger partial charge < -0.3 is 4.42 Å². The summed E-state index contributed by atoms with van der Waals surface area (Å²) in [6.07, 6.45) is 3.08. The molecule has 0 N–H and O–H groups in total. The van der Waals surface area contributed by atoms with Crippen molar-refractivity contribution in [2.24, 2.45) is 0 Å². The van der Waals surface area contributed by atoms with Crippen molar-refractivity contribution in [1.82, 2.24) is 19.3 Å². The van der Waals surface area contributed by atoms with Gasteiger partial charge >= 0.3 is 0 Å².